The number of amides is 2. The Balaban J connectivity index is 2.60. The van der Waals surface area contributed by atoms with Crippen molar-refractivity contribution in [3.8, 4) is 0 Å². The van der Waals surface area contributed by atoms with E-state index in [1.54, 1.807) is 31.1 Å². The molecule has 5 nitrogen and oxygen atoms in total. The van der Waals surface area contributed by atoms with Crippen molar-refractivity contribution in [3.05, 3.63) is 22.4 Å². The van der Waals surface area contributed by atoms with Gasteiger partial charge in [-0.2, -0.15) is 0 Å². The molecule has 0 saturated carbocycles. The van der Waals surface area contributed by atoms with Gasteiger partial charge in [-0.05, 0) is 35.8 Å². The predicted octanol–water partition coefficient (Wildman–Crippen LogP) is 1.37. The summed E-state index contributed by atoms with van der Waals surface area (Å²) in [6.45, 7) is 4.17. The third-order valence-corrected chi connectivity index (χ3v) is 2.92. The van der Waals surface area contributed by atoms with E-state index in [2.05, 4.69) is 26.2 Å². The molecular formula is C11H16BrN3O2. The quantitative estimate of drug-likeness (QED) is 0.882. The minimum absolute atomic E-state index is 0.105. The summed E-state index contributed by atoms with van der Waals surface area (Å²) in [6.07, 6.45) is 1.67. The molecule has 0 saturated heterocycles. The van der Waals surface area contributed by atoms with Gasteiger partial charge in [-0.1, -0.05) is 0 Å². The fourth-order valence-electron chi connectivity index (χ4n) is 1.32. The molecule has 0 radical (unpaired) electrons. The number of H-pyrrole nitrogens is 1. The summed E-state index contributed by atoms with van der Waals surface area (Å²) < 4.78 is 0.798. The van der Waals surface area contributed by atoms with E-state index >= 15 is 0 Å². The van der Waals surface area contributed by atoms with Crippen LogP contribution in [0.1, 0.15) is 24.3 Å². The number of halogens is 1. The first-order chi connectivity index (χ1) is 7.95. The molecule has 0 bridgehead atoms. The van der Waals surface area contributed by atoms with Crippen LogP contribution in [0.5, 0.6) is 0 Å². The van der Waals surface area contributed by atoms with Gasteiger partial charge in [-0.3, -0.25) is 9.59 Å². The Morgan fingerprint density at radius 3 is 2.71 bits per heavy atom. The Kier molecular flexibility index (Phi) is 4.74. The van der Waals surface area contributed by atoms with Crippen LogP contribution >= 0.6 is 15.9 Å². The standard InChI is InChI=1S/C11H16BrN3O2/c1-4-15(3)11(17)7(2)14-10(16)9-5-8(12)6-13-9/h5-7,13H,4H2,1-3H3,(H,14,16). The topological polar surface area (TPSA) is 65.2 Å². The second-order valence-corrected chi connectivity index (χ2v) is 4.69. The number of rotatable bonds is 4. The molecule has 1 rings (SSSR count). The number of likely N-dealkylation sites (N-methyl/N-ethyl adjacent to an activating group) is 1. The lowest BCUT2D eigenvalue weighted by molar-refractivity contribution is -0.131. The molecule has 1 unspecified atom stereocenters. The lowest BCUT2D eigenvalue weighted by Gasteiger charge is -2.20. The molecule has 0 aromatic carbocycles. The predicted molar refractivity (Wildman–Crippen MR) is 68.7 cm³/mol. The van der Waals surface area contributed by atoms with Crippen LogP contribution in [0.25, 0.3) is 0 Å². The lowest BCUT2D eigenvalue weighted by Crippen LogP contribution is -2.45. The van der Waals surface area contributed by atoms with Crippen molar-refractivity contribution in [2.75, 3.05) is 13.6 Å². The summed E-state index contributed by atoms with van der Waals surface area (Å²) in [5.74, 6) is -0.396. The number of hydrogen-bond acceptors (Lipinski definition) is 2. The second-order valence-electron chi connectivity index (χ2n) is 3.78. The zero-order valence-electron chi connectivity index (χ0n) is 10.1. The van der Waals surface area contributed by atoms with Crippen LogP contribution in [0.15, 0.2) is 16.7 Å². The van der Waals surface area contributed by atoms with Gasteiger partial charge in [0.15, 0.2) is 0 Å². The molecule has 0 aliphatic rings. The fourth-order valence-corrected chi connectivity index (χ4v) is 1.66. The molecule has 1 aromatic heterocycles. The molecule has 6 heteroatoms. The monoisotopic (exact) mass is 301 g/mol. The molecule has 0 aliphatic carbocycles. The van der Waals surface area contributed by atoms with Crippen LogP contribution < -0.4 is 5.32 Å². The van der Waals surface area contributed by atoms with Crippen LogP contribution in [0.2, 0.25) is 0 Å². The van der Waals surface area contributed by atoms with Crippen molar-refractivity contribution in [3.63, 3.8) is 0 Å². The average Bonchev–Trinajstić information content (AvgIpc) is 2.73. The molecule has 0 spiro atoms. The summed E-state index contributed by atoms with van der Waals surface area (Å²) in [5.41, 5.74) is 0.427. The van der Waals surface area contributed by atoms with Crippen LogP contribution in [0.3, 0.4) is 0 Å². The molecule has 1 atom stereocenters. The van der Waals surface area contributed by atoms with E-state index in [1.807, 2.05) is 6.92 Å². The van der Waals surface area contributed by atoms with E-state index < -0.39 is 6.04 Å². The zero-order chi connectivity index (χ0) is 13.0. The molecule has 1 aromatic rings. The van der Waals surface area contributed by atoms with Gasteiger partial charge >= 0.3 is 0 Å². The third-order valence-electron chi connectivity index (χ3n) is 2.46. The molecule has 2 N–H and O–H groups in total. The fraction of sp³-hybridized carbons (Fsp3) is 0.455. The Morgan fingerprint density at radius 2 is 2.24 bits per heavy atom. The average molecular weight is 302 g/mol. The van der Waals surface area contributed by atoms with Gasteiger partial charge in [0.05, 0.1) is 0 Å². The van der Waals surface area contributed by atoms with Crippen LogP contribution in [0.4, 0.5) is 0 Å². The maximum absolute atomic E-state index is 11.7. The maximum atomic E-state index is 11.7. The van der Waals surface area contributed by atoms with Gasteiger partial charge < -0.3 is 15.2 Å². The van der Waals surface area contributed by atoms with Crippen molar-refractivity contribution in [2.45, 2.75) is 19.9 Å². The Morgan fingerprint density at radius 1 is 1.59 bits per heavy atom. The van der Waals surface area contributed by atoms with Gasteiger partial charge in [0.2, 0.25) is 5.91 Å². The number of carbonyl (C=O) groups excluding carboxylic acids is 2. The number of carbonyl (C=O) groups is 2. The summed E-state index contributed by atoms with van der Waals surface area (Å²) >= 11 is 3.24. The first-order valence-corrected chi connectivity index (χ1v) is 6.14. The third kappa shape index (κ3) is 3.59. The number of nitrogens with one attached hydrogen (secondary N) is 2. The number of hydrogen-bond donors (Lipinski definition) is 2. The number of nitrogens with zero attached hydrogens (tertiary/aromatic N) is 1. The van der Waals surface area contributed by atoms with Crippen molar-refractivity contribution < 1.29 is 9.59 Å². The highest BCUT2D eigenvalue weighted by Crippen LogP contribution is 2.10. The normalized spacial score (nSPS) is 12.0. The van der Waals surface area contributed by atoms with Gasteiger partial charge in [-0.15, -0.1) is 0 Å². The van der Waals surface area contributed by atoms with E-state index in [9.17, 15) is 9.59 Å². The van der Waals surface area contributed by atoms with Crippen LogP contribution in [-0.4, -0.2) is 41.3 Å². The lowest BCUT2D eigenvalue weighted by atomic mass is 10.2. The summed E-state index contributed by atoms with van der Waals surface area (Å²) in [5, 5.41) is 2.64. The van der Waals surface area contributed by atoms with E-state index in [4.69, 9.17) is 0 Å². The van der Waals surface area contributed by atoms with Gasteiger partial charge in [-0.25, -0.2) is 0 Å². The van der Waals surface area contributed by atoms with Crippen molar-refractivity contribution in [1.29, 1.82) is 0 Å². The minimum atomic E-state index is -0.533. The molecule has 94 valence electrons. The molecule has 2 amide bonds. The summed E-state index contributed by atoms with van der Waals surface area (Å²) in [7, 11) is 1.70. The van der Waals surface area contributed by atoms with Gasteiger partial charge in [0, 0.05) is 24.3 Å². The van der Waals surface area contributed by atoms with Gasteiger partial charge in [0.1, 0.15) is 11.7 Å². The van der Waals surface area contributed by atoms with Crippen LogP contribution in [0, 0.1) is 0 Å². The molecule has 0 fully saturated rings. The molecule has 17 heavy (non-hydrogen) atoms. The Hall–Kier alpha value is -1.30. The summed E-state index contributed by atoms with van der Waals surface area (Å²) in [6, 6.07) is 1.13. The zero-order valence-corrected chi connectivity index (χ0v) is 11.7. The first kappa shape index (κ1) is 13.8. The SMILES string of the molecule is CCN(C)C(=O)C(C)NC(=O)c1cc(Br)c[nH]1. The summed E-state index contributed by atoms with van der Waals surface area (Å²) in [4.78, 5) is 27.9. The largest absolute Gasteiger partial charge is 0.356 e. The highest BCUT2D eigenvalue weighted by molar-refractivity contribution is 9.10. The number of aromatic amines is 1. The highest BCUT2D eigenvalue weighted by Gasteiger charge is 2.19. The van der Waals surface area contributed by atoms with Crippen LogP contribution in [-0.2, 0) is 4.79 Å². The minimum Gasteiger partial charge on any atom is -0.356 e. The second kappa shape index (κ2) is 5.86. The Bertz CT molecular complexity index is 417. The molecule has 1 heterocycles. The molecule has 0 aliphatic heterocycles. The van der Waals surface area contributed by atoms with E-state index in [1.165, 1.54) is 0 Å². The smallest absolute Gasteiger partial charge is 0.268 e. The first-order valence-electron chi connectivity index (χ1n) is 5.35. The van der Waals surface area contributed by atoms with Crippen molar-refractivity contribution in [1.82, 2.24) is 15.2 Å². The van der Waals surface area contributed by atoms with Crippen molar-refractivity contribution >= 4 is 27.7 Å². The number of aromatic nitrogens is 1. The van der Waals surface area contributed by atoms with E-state index in [0.29, 0.717) is 12.2 Å². The van der Waals surface area contributed by atoms with Gasteiger partial charge in [0.25, 0.3) is 5.91 Å². The van der Waals surface area contributed by atoms with E-state index in [0.717, 1.165) is 4.47 Å². The Labute approximate surface area is 109 Å². The van der Waals surface area contributed by atoms with Crippen molar-refractivity contribution in [2.24, 2.45) is 0 Å². The highest BCUT2D eigenvalue weighted by atomic mass is 79.9. The molecular weight excluding hydrogens is 286 g/mol. The van der Waals surface area contributed by atoms with E-state index in [-0.39, 0.29) is 11.8 Å². The maximum Gasteiger partial charge on any atom is 0.268 e.